The van der Waals surface area contributed by atoms with Gasteiger partial charge in [0.25, 0.3) is 0 Å². The Bertz CT molecular complexity index is 1360. The van der Waals surface area contributed by atoms with Crippen molar-refractivity contribution >= 4 is 46.7 Å². The van der Waals surface area contributed by atoms with E-state index < -0.39 is 18.0 Å². The quantitative estimate of drug-likeness (QED) is 0.256. The molecule has 0 bridgehead atoms. The van der Waals surface area contributed by atoms with Crippen molar-refractivity contribution in [2.24, 2.45) is 0 Å². The van der Waals surface area contributed by atoms with Crippen LogP contribution < -0.4 is 16.0 Å². The Morgan fingerprint density at radius 3 is 2.36 bits per heavy atom. The molecule has 8 nitrogen and oxygen atoms in total. The first kappa shape index (κ1) is 27.7. The second-order valence-corrected chi connectivity index (χ2v) is 9.38. The van der Waals surface area contributed by atoms with Crippen LogP contribution in [0.15, 0.2) is 84.4 Å². The molecule has 1 aliphatic rings. The minimum absolute atomic E-state index is 0.187. The number of nitrogens with one attached hydrogen (secondary N) is 3. The third-order valence-corrected chi connectivity index (χ3v) is 6.44. The number of nitrogens with zero attached hydrogens (tertiary/aromatic N) is 1. The largest absolute Gasteiger partial charge is 0.463 e. The van der Waals surface area contributed by atoms with E-state index in [1.807, 2.05) is 37.3 Å². The summed E-state index contributed by atoms with van der Waals surface area (Å²) in [6.45, 7) is 4.43. The summed E-state index contributed by atoms with van der Waals surface area (Å²) in [5, 5.41) is 9.12. The Balaban J connectivity index is 1.72. The summed E-state index contributed by atoms with van der Waals surface area (Å²) >= 11 is 5.92. The minimum atomic E-state index is -0.786. The lowest BCUT2D eigenvalue weighted by molar-refractivity contribution is -0.138. The Morgan fingerprint density at radius 1 is 0.949 bits per heavy atom. The van der Waals surface area contributed by atoms with Gasteiger partial charge in [0.15, 0.2) is 0 Å². The monoisotopic (exact) mass is 546 g/mol. The average Bonchev–Trinajstić information content (AvgIpc) is 2.93. The van der Waals surface area contributed by atoms with Gasteiger partial charge >= 0.3 is 18.0 Å². The highest BCUT2D eigenvalue weighted by Crippen LogP contribution is 2.37. The zero-order valence-electron chi connectivity index (χ0n) is 21.9. The number of anilines is 2. The van der Waals surface area contributed by atoms with E-state index in [0.29, 0.717) is 39.8 Å². The zero-order valence-corrected chi connectivity index (χ0v) is 22.6. The lowest BCUT2D eigenvalue weighted by Gasteiger charge is -2.37. The predicted molar refractivity (Wildman–Crippen MR) is 153 cm³/mol. The number of ether oxygens (including phenoxy) is 1. The number of hydrogen-bond donors (Lipinski definition) is 3. The molecular weight excluding hydrogens is 516 g/mol. The highest BCUT2D eigenvalue weighted by Gasteiger charge is 2.38. The maximum Gasteiger partial charge on any atom is 0.338 e. The molecule has 0 radical (unpaired) electrons. The predicted octanol–water partition coefficient (Wildman–Crippen LogP) is 6.82. The highest BCUT2D eigenvalue weighted by atomic mass is 35.5. The van der Waals surface area contributed by atoms with E-state index in [1.165, 1.54) is 0 Å². The standard InChI is InChI=1S/C30H31ClN4O4/c1-3-5-18-35-27(20-10-7-6-8-11-20)25(28(36)39-4-2)26(34-30(35)38)21-12-9-13-24(19-21)33-29(37)32-23-16-14-22(31)15-17-23/h6-17,19,26H,3-5,18H2,1-2H3,(H,34,38)(H2,32,33,37)/t26-/m0/s1. The molecule has 0 saturated carbocycles. The zero-order chi connectivity index (χ0) is 27.8. The topological polar surface area (TPSA) is 99.8 Å². The van der Waals surface area contributed by atoms with Crippen molar-refractivity contribution in [1.82, 2.24) is 10.2 Å². The number of esters is 1. The molecule has 202 valence electrons. The first-order valence-electron chi connectivity index (χ1n) is 12.9. The molecule has 0 unspecified atom stereocenters. The highest BCUT2D eigenvalue weighted by molar-refractivity contribution is 6.30. The summed E-state index contributed by atoms with van der Waals surface area (Å²) in [5.74, 6) is -0.512. The molecule has 1 heterocycles. The van der Waals surface area contributed by atoms with Gasteiger partial charge in [-0.1, -0.05) is 67.4 Å². The summed E-state index contributed by atoms with van der Waals surface area (Å²) in [6.07, 6.45) is 1.66. The smallest absolute Gasteiger partial charge is 0.338 e. The minimum Gasteiger partial charge on any atom is -0.463 e. The van der Waals surface area contributed by atoms with Crippen LogP contribution in [-0.2, 0) is 9.53 Å². The summed E-state index contributed by atoms with van der Waals surface area (Å²) in [4.78, 5) is 41.1. The lowest BCUT2D eigenvalue weighted by atomic mass is 9.91. The molecule has 4 rings (SSSR count). The van der Waals surface area contributed by atoms with Gasteiger partial charge in [-0.05, 0) is 60.9 Å². The van der Waals surface area contributed by atoms with Crippen LogP contribution in [-0.4, -0.2) is 36.1 Å². The fourth-order valence-corrected chi connectivity index (χ4v) is 4.52. The number of halogens is 1. The lowest BCUT2D eigenvalue weighted by Crippen LogP contribution is -2.48. The molecule has 3 aromatic carbocycles. The van der Waals surface area contributed by atoms with E-state index in [0.717, 1.165) is 18.4 Å². The van der Waals surface area contributed by atoms with Crippen molar-refractivity contribution in [3.05, 3.63) is 101 Å². The molecule has 3 aromatic rings. The van der Waals surface area contributed by atoms with Crippen LogP contribution in [0.5, 0.6) is 0 Å². The summed E-state index contributed by atoms with van der Waals surface area (Å²) in [5.41, 5.74) is 3.30. The van der Waals surface area contributed by atoms with Crippen LogP contribution in [0.3, 0.4) is 0 Å². The number of carbonyl (C=O) groups excluding carboxylic acids is 3. The fourth-order valence-electron chi connectivity index (χ4n) is 4.39. The summed E-state index contributed by atoms with van der Waals surface area (Å²) in [6, 6.07) is 21.6. The van der Waals surface area contributed by atoms with E-state index in [9.17, 15) is 14.4 Å². The third kappa shape index (κ3) is 6.78. The van der Waals surface area contributed by atoms with E-state index in [-0.39, 0.29) is 12.6 Å². The maximum atomic E-state index is 13.4. The van der Waals surface area contributed by atoms with Crippen LogP contribution in [0.1, 0.15) is 43.9 Å². The van der Waals surface area contributed by atoms with E-state index in [1.54, 1.807) is 60.4 Å². The molecule has 0 spiro atoms. The van der Waals surface area contributed by atoms with Gasteiger partial charge in [0.2, 0.25) is 0 Å². The second-order valence-electron chi connectivity index (χ2n) is 8.95. The van der Waals surface area contributed by atoms with Gasteiger partial charge in [0.1, 0.15) is 0 Å². The van der Waals surface area contributed by atoms with Crippen LogP contribution in [0, 0.1) is 0 Å². The van der Waals surface area contributed by atoms with E-state index in [2.05, 4.69) is 16.0 Å². The number of rotatable bonds is 9. The maximum absolute atomic E-state index is 13.4. The number of hydrogen-bond acceptors (Lipinski definition) is 4. The van der Waals surface area contributed by atoms with Gasteiger partial charge in [-0.3, -0.25) is 4.90 Å². The third-order valence-electron chi connectivity index (χ3n) is 6.18. The van der Waals surface area contributed by atoms with Gasteiger partial charge in [0, 0.05) is 22.9 Å². The molecule has 3 N–H and O–H groups in total. The molecule has 9 heteroatoms. The molecular formula is C30H31ClN4O4. The molecule has 0 aromatic heterocycles. The normalized spacial score (nSPS) is 15.0. The van der Waals surface area contributed by atoms with Gasteiger partial charge in [0.05, 0.1) is 23.9 Å². The van der Waals surface area contributed by atoms with Crippen molar-refractivity contribution in [1.29, 1.82) is 0 Å². The number of unbranched alkanes of at least 4 members (excludes halogenated alkanes) is 1. The Labute approximate surface area is 233 Å². The van der Waals surface area contributed by atoms with Crippen molar-refractivity contribution in [3.8, 4) is 0 Å². The number of urea groups is 2. The molecule has 1 atom stereocenters. The molecule has 1 aliphatic heterocycles. The van der Waals surface area contributed by atoms with Crippen LogP contribution in [0.2, 0.25) is 5.02 Å². The summed E-state index contributed by atoms with van der Waals surface area (Å²) < 4.78 is 5.48. The molecule has 39 heavy (non-hydrogen) atoms. The van der Waals surface area contributed by atoms with Gasteiger partial charge in [-0.25, -0.2) is 14.4 Å². The van der Waals surface area contributed by atoms with Gasteiger partial charge < -0.3 is 20.7 Å². The average molecular weight is 547 g/mol. The Kier molecular flexibility index (Phi) is 9.22. The van der Waals surface area contributed by atoms with Gasteiger partial charge in [-0.2, -0.15) is 0 Å². The van der Waals surface area contributed by atoms with Crippen molar-refractivity contribution in [2.45, 2.75) is 32.7 Å². The first-order valence-corrected chi connectivity index (χ1v) is 13.3. The van der Waals surface area contributed by atoms with Crippen LogP contribution in [0.25, 0.3) is 5.70 Å². The Morgan fingerprint density at radius 2 is 1.67 bits per heavy atom. The van der Waals surface area contributed by atoms with E-state index >= 15 is 0 Å². The summed E-state index contributed by atoms with van der Waals surface area (Å²) in [7, 11) is 0. The Hall–Kier alpha value is -4.30. The number of benzene rings is 3. The molecule has 4 amide bonds. The molecule has 0 fully saturated rings. The van der Waals surface area contributed by atoms with Crippen molar-refractivity contribution < 1.29 is 19.1 Å². The van der Waals surface area contributed by atoms with Crippen LogP contribution >= 0.6 is 11.6 Å². The van der Waals surface area contributed by atoms with Crippen LogP contribution in [0.4, 0.5) is 21.0 Å². The van der Waals surface area contributed by atoms with Crippen molar-refractivity contribution in [2.75, 3.05) is 23.8 Å². The van der Waals surface area contributed by atoms with Crippen molar-refractivity contribution in [3.63, 3.8) is 0 Å². The van der Waals surface area contributed by atoms with E-state index in [4.69, 9.17) is 16.3 Å². The first-order chi connectivity index (χ1) is 18.9. The SMILES string of the molecule is CCCCN1C(=O)N[C@@H](c2cccc(NC(=O)Nc3ccc(Cl)cc3)c2)C(C(=O)OCC)=C1c1ccccc1. The number of amides is 4. The molecule has 0 aliphatic carbocycles. The fraction of sp³-hybridized carbons (Fsp3) is 0.233. The van der Waals surface area contributed by atoms with Gasteiger partial charge in [-0.15, -0.1) is 0 Å². The second kappa shape index (κ2) is 13.0. The molecule has 0 saturated heterocycles. The number of carbonyl (C=O) groups is 3.